The molecule has 1 aromatic heterocycles. The van der Waals surface area contributed by atoms with Gasteiger partial charge in [-0.1, -0.05) is 15.9 Å². The van der Waals surface area contributed by atoms with Gasteiger partial charge in [0.1, 0.15) is 22.5 Å². The molecule has 1 heterocycles. The fraction of sp³-hybridized carbons (Fsp3) is 0.174. The average Bonchev–Trinajstić information content (AvgIpc) is 3.16. The van der Waals surface area contributed by atoms with Gasteiger partial charge < -0.3 is 14.8 Å². The zero-order valence-electron chi connectivity index (χ0n) is 17.6. The molecular weight excluding hydrogens is 460 g/mol. The van der Waals surface area contributed by atoms with Gasteiger partial charge in [-0.2, -0.15) is 4.80 Å². The van der Waals surface area contributed by atoms with Crippen LogP contribution in [-0.4, -0.2) is 35.1 Å². The Morgan fingerprint density at radius 3 is 2.26 bits per heavy atom. The van der Waals surface area contributed by atoms with Crippen LogP contribution >= 0.6 is 15.9 Å². The number of carbonyl (C=O) groups is 1. The maximum absolute atomic E-state index is 13.0. The van der Waals surface area contributed by atoms with Gasteiger partial charge in [-0.15, -0.1) is 10.2 Å². The van der Waals surface area contributed by atoms with Crippen molar-refractivity contribution in [1.29, 1.82) is 0 Å². The second-order valence-electron chi connectivity index (χ2n) is 7.10. The van der Waals surface area contributed by atoms with E-state index in [0.717, 1.165) is 32.6 Å². The van der Waals surface area contributed by atoms with Crippen LogP contribution in [0, 0.1) is 13.8 Å². The number of nitrogens with zero attached hydrogens (tertiary/aromatic N) is 3. The lowest BCUT2D eigenvalue weighted by atomic mass is 10.1. The van der Waals surface area contributed by atoms with Gasteiger partial charge in [0.2, 0.25) is 0 Å². The number of anilines is 1. The van der Waals surface area contributed by atoms with E-state index in [2.05, 4.69) is 31.4 Å². The van der Waals surface area contributed by atoms with Gasteiger partial charge in [0.05, 0.1) is 25.5 Å². The van der Waals surface area contributed by atoms with Crippen LogP contribution in [0.2, 0.25) is 0 Å². The summed E-state index contributed by atoms with van der Waals surface area (Å²) in [5, 5.41) is 12.1. The predicted molar refractivity (Wildman–Crippen MR) is 124 cm³/mol. The van der Waals surface area contributed by atoms with Crippen LogP contribution in [0.25, 0.3) is 16.7 Å². The van der Waals surface area contributed by atoms with Crippen molar-refractivity contribution < 1.29 is 14.3 Å². The van der Waals surface area contributed by atoms with Crippen molar-refractivity contribution in [3.8, 4) is 17.2 Å². The molecule has 7 nitrogen and oxygen atoms in total. The third-order valence-electron chi connectivity index (χ3n) is 4.97. The Bertz CT molecular complexity index is 1280. The molecule has 0 aliphatic rings. The normalized spacial score (nSPS) is 10.9. The lowest BCUT2D eigenvalue weighted by Crippen LogP contribution is -2.14. The number of aryl methyl sites for hydroxylation is 2. The van der Waals surface area contributed by atoms with Crippen molar-refractivity contribution in [3.63, 3.8) is 0 Å². The predicted octanol–water partition coefficient (Wildman–Crippen LogP) is 5.07. The van der Waals surface area contributed by atoms with E-state index in [1.165, 1.54) is 0 Å². The van der Waals surface area contributed by atoms with E-state index in [-0.39, 0.29) is 5.91 Å². The molecule has 31 heavy (non-hydrogen) atoms. The van der Waals surface area contributed by atoms with Crippen LogP contribution in [0.1, 0.15) is 21.5 Å². The maximum atomic E-state index is 13.0. The zero-order chi connectivity index (χ0) is 22.1. The highest BCUT2D eigenvalue weighted by molar-refractivity contribution is 9.10. The summed E-state index contributed by atoms with van der Waals surface area (Å²) in [7, 11) is 3.18. The third kappa shape index (κ3) is 4.11. The molecule has 0 fully saturated rings. The van der Waals surface area contributed by atoms with E-state index in [4.69, 9.17) is 9.47 Å². The Morgan fingerprint density at radius 2 is 1.61 bits per heavy atom. The molecule has 3 aromatic carbocycles. The Hall–Kier alpha value is -3.39. The molecule has 0 aliphatic carbocycles. The van der Waals surface area contributed by atoms with Crippen LogP contribution in [0.4, 0.5) is 5.69 Å². The summed E-state index contributed by atoms with van der Waals surface area (Å²) < 4.78 is 11.5. The van der Waals surface area contributed by atoms with E-state index in [9.17, 15) is 4.79 Å². The smallest absolute Gasteiger partial charge is 0.259 e. The van der Waals surface area contributed by atoms with Crippen molar-refractivity contribution >= 4 is 38.6 Å². The van der Waals surface area contributed by atoms with Gasteiger partial charge in [-0.25, -0.2) is 0 Å². The average molecular weight is 481 g/mol. The molecular formula is C23H21BrN4O3. The number of amides is 1. The number of benzene rings is 3. The fourth-order valence-electron chi connectivity index (χ4n) is 3.39. The molecule has 1 amide bonds. The molecule has 0 saturated heterocycles. The van der Waals surface area contributed by atoms with Gasteiger partial charge in [0.15, 0.2) is 0 Å². The van der Waals surface area contributed by atoms with Crippen LogP contribution in [-0.2, 0) is 0 Å². The van der Waals surface area contributed by atoms with Gasteiger partial charge in [-0.05, 0) is 73.5 Å². The molecule has 158 valence electrons. The number of carbonyl (C=O) groups excluding carboxylic acids is 1. The zero-order valence-corrected chi connectivity index (χ0v) is 19.1. The van der Waals surface area contributed by atoms with Crippen LogP contribution in [0.5, 0.6) is 11.5 Å². The largest absolute Gasteiger partial charge is 0.497 e. The first kappa shape index (κ1) is 20.9. The second kappa shape index (κ2) is 8.39. The highest BCUT2D eigenvalue weighted by Gasteiger charge is 2.17. The minimum Gasteiger partial charge on any atom is -0.497 e. The van der Waals surface area contributed by atoms with Crippen molar-refractivity contribution in [2.75, 3.05) is 19.5 Å². The summed E-state index contributed by atoms with van der Waals surface area (Å²) in [5.74, 6) is 1.05. The van der Waals surface area contributed by atoms with Crippen molar-refractivity contribution in [2.45, 2.75) is 13.8 Å². The molecule has 8 heteroatoms. The van der Waals surface area contributed by atoms with Gasteiger partial charge in [0.25, 0.3) is 5.91 Å². The quantitative estimate of drug-likeness (QED) is 0.431. The Labute approximate surface area is 188 Å². The number of methoxy groups -OCH3 is 2. The van der Waals surface area contributed by atoms with Crippen LogP contribution in [0.3, 0.4) is 0 Å². The fourth-order valence-corrected chi connectivity index (χ4v) is 3.97. The molecule has 4 rings (SSSR count). The number of hydrogen-bond donors (Lipinski definition) is 1. The minimum absolute atomic E-state index is 0.258. The summed E-state index contributed by atoms with van der Waals surface area (Å²) in [6, 6.07) is 14.9. The van der Waals surface area contributed by atoms with Gasteiger partial charge in [-0.3, -0.25) is 4.79 Å². The van der Waals surface area contributed by atoms with Crippen molar-refractivity contribution in [2.24, 2.45) is 0 Å². The minimum atomic E-state index is -0.258. The van der Waals surface area contributed by atoms with E-state index < -0.39 is 0 Å². The summed E-state index contributed by atoms with van der Waals surface area (Å²) in [6.07, 6.45) is 0. The number of ether oxygens (including phenoxy) is 2. The molecule has 0 unspecified atom stereocenters. The monoisotopic (exact) mass is 480 g/mol. The van der Waals surface area contributed by atoms with Gasteiger partial charge >= 0.3 is 0 Å². The Kier molecular flexibility index (Phi) is 5.65. The van der Waals surface area contributed by atoms with E-state index in [1.807, 2.05) is 56.3 Å². The second-order valence-corrected chi connectivity index (χ2v) is 8.02. The molecule has 0 saturated carbocycles. The molecule has 1 N–H and O–H groups in total. The number of hydrogen-bond acceptors (Lipinski definition) is 5. The molecule has 4 aromatic rings. The van der Waals surface area contributed by atoms with Crippen LogP contribution in [0.15, 0.2) is 53.0 Å². The molecule has 0 atom stereocenters. The highest BCUT2D eigenvalue weighted by atomic mass is 79.9. The molecule has 0 spiro atoms. The summed E-state index contributed by atoms with van der Waals surface area (Å²) in [4.78, 5) is 14.6. The summed E-state index contributed by atoms with van der Waals surface area (Å²) >= 11 is 3.45. The first-order valence-corrected chi connectivity index (χ1v) is 10.4. The van der Waals surface area contributed by atoms with E-state index >= 15 is 0 Å². The number of aromatic nitrogens is 3. The third-order valence-corrected chi connectivity index (χ3v) is 5.42. The number of nitrogens with one attached hydrogen (secondary N) is 1. The number of fused-ring (bicyclic) bond motifs is 1. The number of halogens is 1. The number of rotatable bonds is 5. The summed E-state index contributed by atoms with van der Waals surface area (Å²) in [6.45, 7) is 3.82. The first-order valence-electron chi connectivity index (χ1n) is 9.57. The SMILES string of the molecule is COc1ccc(-n2nc3cc(C)c(NC(=O)c4cc(Br)cc(C)c4OC)cc3n2)cc1. The maximum Gasteiger partial charge on any atom is 0.259 e. The molecule has 0 radical (unpaired) electrons. The molecule has 0 aliphatic heterocycles. The standard InChI is InChI=1S/C23H21BrN4O3/c1-13-10-20-21(27-28(26-20)16-5-7-17(30-3)8-6-16)12-19(13)25-23(29)18-11-15(24)9-14(2)22(18)31-4/h5-12H,1-4H3,(H,25,29). The lowest BCUT2D eigenvalue weighted by molar-refractivity contribution is 0.102. The molecule has 0 bridgehead atoms. The van der Waals surface area contributed by atoms with Gasteiger partial charge in [0, 0.05) is 10.2 Å². The van der Waals surface area contributed by atoms with Crippen molar-refractivity contribution in [3.05, 3.63) is 69.7 Å². The van der Waals surface area contributed by atoms with Crippen molar-refractivity contribution in [1.82, 2.24) is 15.0 Å². The highest BCUT2D eigenvalue weighted by Crippen LogP contribution is 2.29. The van der Waals surface area contributed by atoms with E-state index in [1.54, 1.807) is 25.1 Å². The topological polar surface area (TPSA) is 78.3 Å². The first-order chi connectivity index (χ1) is 14.9. The Morgan fingerprint density at radius 1 is 0.935 bits per heavy atom. The van der Waals surface area contributed by atoms with Crippen LogP contribution < -0.4 is 14.8 Å². The van der Waals surface area contributed by atoms with E-state index in [0.29, 0.717) is 22.5 Å². The summed E-state index contributed by atoms with van der Waals surface area (Å²) in [5.41, 5.74) is 5.10. The lowest BCUT2D eigenvalue weighted by Gasteiger charge is -2.13. The Balaban J connectivity index is 1.67.